The lowest BCUT2D eigenvalue weighted by Gasteiger charge is -2.05. The highest BCUT2D eigenvalue weighted by Gasteiger charge is 2.10. The fourth-order valence-corrected chi connectivity index (χ4v) is 2.25. The average molecular weight is 352 g/mol. The monoisotopic (exact) mass is 351 g/mol. The molecule has 0 spiro atoms. The highest BCUT2D eigenvalue weighted by molar-refractivity contribution is 6.35. The highest BCUT2D eigenvalue weighted by Crippen LogP contribution is 2.22. The summed E-state index contributed by atoms with van der Waals surface area (Å²) in [7, 11) is 0. The summed E-state index contributed by atoms with van der Waals surface area (Å²) in [6.45, 7) is -0.0178. The fraction of sp³-hybridized carbons (Fsp3) is 0.0625. The Balaban J connectivity index is 2.01. The summed E-state index contributed by atoms with van der Waals surface area (Å²) in [5.74, 6) is -0.630. The van der Waals surface area contributed by atoms with Crippen LogP contribution in [0.3, 0.4) is 0 Å². The molecular formula is C16H11Cl2NO4. The van der Waals surface area contributed by atoms with Gasteiger partial charge in [-0.15, -0.1) is 0 Å². The number of nitro groups is 1. The summed E-state index contributed by atoms with van der Waals surface area (Å²) in [4.78, 5) is 22.1. The molecule has 23 heavy (non-hydrogen) atoms. The van der Waals surface area contributed by atoms with Gasteiger partial charge in [-0.25, -0.2) is 4.79 Å². The van der Waals surface area contributed by atoms with E-state index in [-0.39, 0.29) is 12.3 Å². The van der Waals surface area contributed by atoms with Crippen molar-refractivity contribution in [3.8, 4) is 0 Å². The van der Waals surface area contributed by atoms with Crippen LogP contribution in [0, 0.1) is 10.1 Å². The second-order valence-electron chi connectivity index (χ2n) is 4.49. The molecule has 0 N–H and O–H groups in total. The first-order chi connectivity index (χ1) is 11.0. The van der Waals surface area contributed by atoms with Crippen molar-refractivity contribution in [2.75, 3.05) is 0 Å². The quantitative estimate of drug-likeness (QED) is 0.340. The van der Waals surface area contributed by atoms with Gasteiger partial charge in [-0.05, 0) is 24.3 Å². The van der Waals surface area contributed by atoms with Gasteiger partial charge in [0.05, 0.1) is 10.5 Å². The summed E-state index contributed by atoms with van der Waals surface area (Å²) < 4.78 is 5.05. The molecule has 2 aromatic carbocycles. The molecule has 0 radical (unpaired) electrons. The molecule has 0 aliphatic carbocycles. The number of ether oxygens (including phenoxy) is 1. The van der Waals surface area contributed by atoms with Crippen LogP contribution in [-0.2, 0) is 16.1 Å². The highest BCUT2D eigenvalue weighted by atomic mass is 35.5. The Morgan fingerprint density at radius 2 is 1.96 bits per heavy atom. The van der Waals surface area contributed by atoms with Gasteiger partial charge in [0.25, 0.3) is 5.69 Å². The van der Waals surface area contributed by atoms with Gasteiger partial charge in [-0.1, -0.05) is 41.4 Å². The Morgan fingerprint density at radius 1 is 1.22 bits per heavy atom. The van der Waals surface area contributed by atoms with E-state index in [4.69, 9.17) is 27.9 Å². The molecule has 0 atom stereocenters. The zero-order valence-electron chi connectivity index (χ0n) is 11.7. The number of carbonyl (C=O) groups excluding carboxylic acids is 1. The van der Waals surface area contributed by atoms with Gasteiger partial charge < -0.3 is 4.74 Å². The first-order valence-electron chi connectivity index (χ1n) is 6.49. The SMILES string of the molecule is O=C(/C=C/c1ccccc1[N+](=O)[O-])OCc1ccc(Cl)cc1Cl. The van der Waals surface area contributed by atoms with Gasteiger partial charge in [0, 0.05) is 27.8 Å². The van der Waals surface area contributed by atoms with E-state index in [2.05, 4.69) is 0 Å². The number of carbonyl (C=O) groups is 1. The maximum atomic E-state index is 11.7. The molecule has 0 heterocycles. The molecule has 0 bridgehead atoms. The molecule has 2 aromatic rings. The van der Waals surface area contributed by atoms with Crippen molar-refractivity contribution in [3.05, 3.63) is 79.8 Å². The molecule has 0 aliphatic heterocycles. The van der Waals surface area contributed by atoms with Gasteiger partial charge in [0.15, 0.2) is 0 Å². The molecule has 0 saturated heterocycles. The van der Waals surface area contributed by atoms with Gasteiger partial charge >= 0.3 is 5.97 Å². The van der Waals surface area contributed by atoms with Crippen molar-refractivity contribution >= 4 is 40.9 Å². The van der Waals surface area contributed by atoms with Crippen LogP contribution in [0.1, 0.15) is 11.1 Å². The normalized spacial score (nSPS) is 10.7. The van der Waals surface area contributed by atoms with Crippen LogP contribution in [-0.4, -0.2) is 10.9 Å². The van der Waals surface area contributed by atoms with Crippen LogP contribution in [0.25, 0.3) is 6.08 Å². The Bertz CT molecular complexity index is 774. The Morgan fingerprint density at radius 3 is 2.65 bits per heavy atom. The molecule has 0 aliphatic rings. The van der Waals surface area contributed by atoms with E-state index >= 15 is 0 Å². The smallest absolute Gasteiger partial charge is 0.331 e. The molecule has 0 fully saturated rings. The Kier molecular flexibility index (Phi) is 5.73. The van der Waals surface area contributed by atoms with Crippen LogP contribution in [0.2, 0.25) is 10.0 Å². The minimum Gasteiger partial charge on any atom is -0.458 e. The van der Waals surface area contributed by atoms with Crippen molar-refractivity contribution in [1.29, 1.82) is 0 Å². The summed E-state index contributed by atoms with van der Waals surface area (Å²) in [6, 6.07) is 10.9. The second kappa shape index (κ2) is 7.76. The molecular weight excluding hydrogens is 341 g/mol. The van der Waals surface area contributed by atoms with Crippen molar-refractivity contribution in [2.24, 2.45) is 0 Å². The number of para-hydroxylation sites is 1. The standard InChI is InChI=1S/C16H11Cl2NO4/c17-13-7-5-12(14(18)9-13)10-23-16(20)8-6-11-3-1-2-4-15(11)19(21)22/h1-9H,10H2/b8-6+. The van der Waals surface area contributed by atoms with Crippen LogP contribution < -0.4 is 0 Å². The minimum absolute atomic E-state index is 0.0178. The third kappa shape index (κ3) is 4.81. The molecule has 2 rings (SSSR count). The minimum atomic E-state index is -0.630. The molecule has 0 aromatic heterocycles. The van der Waals surface area contributed by atoms with E-state index in [0.29, 0.717) is 21.2 Å². The van der Waals surface area contributed by atoms with E-state index in [1.54, 1.807) is 30.3 Å². The second-order valence-corrected chi connectivity index (χ2v) is 5.34. The van der Waals surface area contributed by atoms with Gasteiger partial charge in [-0.2, -0.15) is 0 Å². The lowest BCUT2D eigenvalue weighted by Crippen LogP contribution is -2.01. The van der Waals surface area contributed by atoms with E-state index in [9.17, 15) is 14.9 Å². The third-order valence-corrected chi connectivity index (χ3v) is 3.50. The van der Waals surface area contributed by atoms with Crippen molar-refractivity contribution in [2.45, 2.75) is 6.61 Å². The number of esters is 1. The molecule has 118 valence electrons. The van der Waals surface area contributed by atoms with E-state index in [1.807, 2.05) is 0 Å². The number of benzene rings is 2. The Hall–Kier alpha value is -2.37. The summed E-state index contributed by atoms with van der Waals surface area (Å²) in [5, 5.41) is 11.8. The number of hydrogen-bond donors (Lipinski definition) is 0. The van der Waals surface area contributed by atoms with Crippen LogP contribution in [0.4, 0.5) is 5.69 Å². The zero-order chi connectivity index (χ0) is 16.8. The maximum absolute atomic E-state index is 11.7. The lowest BCUT2D eigenvalue weighted by molar-refractivity contribution is -0.385. The van der Waals surface area contributed by atoms with Gasteiger partial charge in [-0.3, -0.25) is 10.1 Å². The first kappa shape index (κ1) is 17.0. The number of nitro benzene ring substituents is 1. The topological polar surface area (TPSA) is 69.4 Å². The predicted molar refractivity (Wildman–Crippen MR) is 88.4 cm³/mol. The summed E-state index contributed by atoms with van der Waals surface area (Å²) in [6.07, 6.45) is 2.47. The molecule has 5 nitrogen and oxygen atoms in total. The zero-order valence-corrected chi connectivity index (χ0v) is 13.3. The molecule has 7 heteroatoms. The van der Waals surface area contributed by atoms with Gasteiger partial charge in [0.1, 0.15) is 6.61 Å². The van der Waals surface area contributed by atoms with Crippen molar-refractivity contribution < 1.29 is 14.5 Å². The largest absolute Gasteiger partial charge is 0.458 e. The average Bonchev–Trinajstić information content (AvgIpc) is 2.52. The van der Waals surface area contributed by atoms with Crippen molar-refractivity contribution in [1.82, 2.24) is 0 Å². The lowest BCUT2D eigenvalue weighted by atomic mass is 10.1. The summed E-state index contributed by atoms with van der Waals surface area (Å²) in [5.41, 5.74) is 0.847. The van der Waals surface area contributed by atoms with E-state index in [0.717, 1.165) is 6.08 Å². The van der Waals surface area contributed by atoms with Crippen LogP contribution in [0.15, 0.2) is 48.5 Å². The van der Waals surface area contributed by atoms with E-state index in [1.165, 1.54) is 18.2 Å². The number of rotatable bonds is 5. The van der Waals surface area contributed by atoms with Crippen LogP contribution >= 0.6 is 23.2 Å². The van der Waals surface area contributed by atoms with Gasteiger partial charge in [0.2, 0.25) is 0 Å². The molecule has 0 unspecified atom stereocenters. The fourth-order valence-electron chi connectivity index (χ4n) is 1.79. The molecule has 0 amide bonds. The van der Waals surface area contributed by atoms with Crippen molar-refractivity contribution in [3.63, 3.8) is 0 Å². The summed E-state index contributed by atoms with van der Waals surface area (Å²) >= 11 is 11.8. The molecule has 0 saturated carbocycles. The number of halogens is 2. The number of hydrogen-bond acceptors (Lipinski definition) is 4. The number of nitrogens with zero attached hydrogens (tertiary/aromatic N) is 1. The maximum Gasteiger partial charge on any atom is 0.331 e. The first-order valence-corrected chi connectivity index (χ1v) is 7.25. The predicted octanol–water partition coefficient (Wildman–Crippen LogP) is 4.66. The van der Waals surface area contributed by atoms with Crippen LogP contribution in [0.5, 0.6) is 0 Å². The third-order valence-electron chi connectivity index (χ3n) is 2.92. The Labute approximate surface area is 142 Å². The van der Waals surface area contributed by atoms with E-state index < -0.39 is 10.9 Å².